The largest absolute Gasteiger partial charge is 0.493 e. The minimum absolute atomic E-state index is 0.138. The highest BCUT2D eigenvalue weighted by molar-refractivity contribution is 7.12. The SMILES string of the molecule is COc1cc(/C=N\NC(=O)c2ccc3c(c2)OCO3)ccc1OC(=O)c1cccs1. The number of thiophene rings is 1. The molecule has 1 amide bonds. The number of hydrogen-bond acceptors (Lipinski definition) is 8. The van der Waals surface area contributed by atoms with Crippen LogP contribution in [0, 0.1) is 0 Å². The first-order valence-corrected chi connectivity index (χ1v) is 9.69. The Labute approximate surface area is 175 Å². The summed E-state index contributed by atoms with van der Waals surface area (Å²) in [6.07, 6.45) is 1.46. The number of nitrogens with zero attached hydrogens (tertiary/aromatic N) is 1. The second-order valence-electron chi connectivity index (χ2n) is 6.04. The molecule has 0 spiro atoms. The number of benzene rings is 2. The molecule has 0 bridgehead atoms. The quantitative estimate of drug-likeness (QED) is 0.282. The number of hydrogen-bond donors (Lipinski definition) is 1. The minimum Gasteiger partial charge on any atom is -0.493 e. The van der Waals surface area contributed by atoms with Crippen LogP contribution in [0.5, 0.6) is 23.0 Å². The smallest absolute Gasteiger partial charge is 0.353 e. The topological polar surface area (TPSA) is 95.5 Å². The number of fused-ring (bicyclic) bond motifs is 1. The summed E-state index contributed by atoms with van der Waals surface area (Å²) in [6, 6.07) is 13.3. The summed E-state index contributed by atoms with van der Waals surface area (Å²) in [4.78, 5) is 24.9. The van der Waals surface area contributed by atoms with E-state index in [1.54, 1.807) is 53.9 Å². The monoisotopic (exact) mass is 424 g/mol. The Kier molecular flexibility index (Phi) is 5.62. The number of carbonyl (C=O) groups is 2. The molecule has 0 aliphatic carbocycles. The molecule has 4 rings (SSSR count). The zero-order valence-electron chi connectivity index (χ0n) is 15.8. The van der Waals surface area contributed by atoms with Gasteiger partial charge in [-0.15, -0.1) is 11.3 Å². The van der Waals surface area contributed by atoms with Gasteiger partial charge in [-0.25, -0.2) is 10.2 Å². The van der Waals surface area contributed by atoms with Crippen molar-refractivity contribution in [1.82, 2.24) is 5.43 Å². The first-order valence-electron chi connectivity index (χ1n) is 8.81. The van der Waals surface area contributed by atoms with Gasteiger partial charge in [0.1, 0.15) is 4.88 Å². The van der Waals surface area contributed by atoms with Crippen molar-refractivity contribution in [3.05, 3.63) is 69.9 Å². The Morgan fingerprint density at radius 3 is 2.77 bits per heavy atom. The molecule has 30 heavy (non-hydrogen) atoms. The lowest BCUT2D eigenvalue weighted by atomic mass is 10.2. The zero-order chi connectivity index (χ0) is 20.9. The van der Waals surface area contributed by atoms with Crippen LogP contribution < -0.4 is 24.4 Å². The molecule has 8 nitrogen and oxygen atoms in total. The predicted molar refractivity (Wildman–Crippen MR) is 110 cm³/mol. The van der Waals surface area contributed by atoms with E-state index in [2.05, 4.69) is 10.5 Å². The normalized spacial score (nSPS) is 12.0. The van der Waals surface area contributed by atoms with Crippen LogP contribution in [-0.4, -0.2) is 32.0 Å². The average Bonchev–Trinajstić information content (AvgIpc) is 3.46. The first kappa shape index (κ1) is 19.5. The van der Waals surface area contributed by atoms with Crippen LogP contribution in [0.2, 0.25) is 0 Å². The second kappa shape index (κ2) is 8.66. The summed E-state index contributed by atoms with van der Waals surface area (Å²) in [6.45, 7) is 0.138. The molecule has 0 fully saturated rings. The summed E-state index contributed by atoms with van der Waals surface area (Å²) >= 11 is 1.29. The van der Waals surface area contributed by atoms with Crippen LogP contribution in [-0.2, 0) is 0 Å². The predicted octanol–water partition coefficient (Wildman–Crippen LogP) is 3.47. The third-order valence-electron chi connectivity index (χ3n) is 4.13. The molecule has 0 saturated carbocycles. The van der Waals surface area contributed by atoms with Crippen LogP contribution in [0.4, 0.5) is 0 Å². The van der Waals surface area contributed by atoms with Gasteiger partial charge in [0, 0.05) is 5.56 Å². The van der Waals surface area contributed by atoms with E-state index in [9.17, 15) is 9.59 Å². The summed E-state index contributed by atoms with van der Waals surface area (Å²) < 4.78 is 21.2. The molecule has 152 valence electrons. The molecule has 0 unspecified atom stereocenters. The molecule has 1 aromatic heterocycles. The number of nitrogens with one attached hydrogen (secondary N) is 1. The fraction of sp³-hybridized carbons (Fsp3) is 0.0952. The molecule has 0 atom stereocenters. The van der Waals surface area contributed by atoms with Gasteiger partial charge in [0.25, 0.3) is 5.91 Å². The Morgan fingerprint density at radius 2 is 1.97 bits per heavy atom. The van der Waals surface area contributed by atoms with Crippen molar-refractivity contribution in [2.75, 3.05) is 13.9 Å². The summed E-state index contributed by atoms with van der Waals surface area (Å²) in [7, 11) is 1.47. The molecule has 1 N–H and O–H groups in total. The van der Waals surface area contributed by atoms with Crippen molar-refractivity contribution in [3.63, 3.8) is 0 Å². The van der Waals surface area contributed by atoms with Gasteiger partial charge in [0.2, 0.25) is 6.79 Å². The van der Waals surface area contributed by atoms with E-state index in [0.29, 0.717) is 33.3 Å². The molecular formula is C21H16N2O6S. The molecule has 0 radical (unpaired) electrons. The molecular weight excluding hydrogens is 408 g/mol. The Balaban J connectivity index is 1.41. The van der Waals surface area contributed by atoms with Gasteiger partial charge >= 0.3 is 5.97 Å². The van der Waals surface area contributed by atoms with E-state index in [-0.39, 0.29) is 12.5 Å². The Bertz CT molecular complexity index is 1110. The van der Waals surface area contributed by atoms with Crippen LogP contribution in [0.1, 0.15) is 25.6 Å². The van der Waals surface area contributed by atoms with E-state index < -0.39 is 11.9 Å². The highest BCUT2D eigenvalue weighted by atomic mass is 32.1. The molecule has 9 heteroatoms. The number of carbonyl (C=O) groups excluding carboxylic acids is 2. The van der Waals surface area contributed by atoms with Crippen LogP contribution in [0.25, 0.3) is 0 Å². The highest BCUT2D eigenvalue weighted by Crippen LogP contribution is 2.32. The minimum atomic E-state index is -0.458. The summed E-state index contributed by atoms with van der Waals surface area (Å²) in [5.41, 5.74) is 3.49. The molecule has 1 aliphatic rings. The van der Waals surface area contributed by atoms with Gasteiger partial charge < -0.3 is 18.9 Å². The van der Waals surface area contributed by atoms with Crippen molar-refractivity contribution in [2.45, 2.75) is 0 Å². The van der Waals surface area contributed by atoms with E-state index >= 15 is 0 Å². The van der Waals surface area contributed by atoms with E-state index in [0.717, 1.165) is 0 Å². The Morgan fingerprint density at radius 1 is 1.10 bits per heavy atom. The molecule has 2 heterocycles. The number of methoxy groups -OCH3 is 1. The number of rotatable bonds is 6. The number of esters is 1. The highest BCUT2D eigenvalue weighted by Gasteiger charge is 2.16. The van der Waals surface area contributed by atoms with Crippen molar-refractivity contribution in [2.24, 2.45) is 5.10 Å². The molecule has 1 aliphatic heterocycles. The molecule has 0 saturated heterocycles. The third-order valence-corrected chi connectivity index (χ3v) is 4.98. The zero-order valence-corrected chi connectivity index (χ0v) is 16.6. The standard InChI is InChI=1S/C21H16N2O6S/c1-26-17-9-13(4-6-16(17)29-21(25)19-3-2-8-30-19)11-22-23-20(24)14-5-7-15-18(10-14)28-12-27-15/h2-11H,12H2,1H3,(H,23,24)/b22-11-. The number of amides is 1. The fourth-order valence-corrected chi connectivity index (χ4v) is 3.26. The van der Waals surface area contributed by atoms with Gasteiger partial charge in [0.15, 0.2) is 23.0 Å². The first-order chi connectivity index (χ1) is 14.6. The number of hydrazone groups is 1. The van der Waals surface area contributed by atoms with E-state index in [1.165, 1.54) is 24.7 Å². The average molecular weight is 424 g/mol. The summed E-state index contributed by atoms with van der Waals surface area (Å²) in [5.74, 6) is 0.924. The van der Waals surface area contributed by atoms with Crippen LogP contribution in [0.3, 0.4) is 0 Å². The lowest BCUT2D eigenvalue weighted by molar-refractivity contribution is 0.0734. The van der Waals surface area contributed by atoms with Gasteiger partial charge in [-0.05, 0) is 53.4 Å². The third kappa shape index (κ3) is 4.26. The lowest BCUT2D eigenvalue weighted by Crippen LogP contribution is -2.17. The van der Waals surface area contributed by atoms with E-state index in [4.69, 9.17) is 18.9 Å². The van der Waals surface area contributed by atoms with Gasteiger partial charge in [-0.2, -0.15) is 5.10 Å². The maximum absolute atomic E-state index is 12.2. The van der Waals surface area contributed by atoms with Gasteiger partial charge in [0.05, 0.1) is 13.3 Å². The fourth-order valence-electron chi connectivity index (χ4n) is 2.66. The molecule has 3 aromatic rings. The maximum atomic E-state index is 12.2. The summed E-state index contributed by atoms with van der Waals surface area (Å²) in [5, 5.41) is 5.76. The molecule has 2 aromatic carbocycles. The van der Waals surface area contributed by atoms with Crippen molar-refractivity contribution >= 4 is 29.4 Å². The Hall–Kier alpha value is -3.85. The van der Waals surface area contributed by atoms with Crippen LogP contribution >= 0.6 is 11.3 Å². The van der Waals surface area contributed by atoms with E-state index in [1.807, 2.05) is 0 Å². The van der Waals surface area contributed by atoms with Crippen molar-refractivity contribution in [3.8, 4) is 23.0 Å². The van der Waals surface area contributed by atoms with Gasteiger partial charge in [-0.3, -0.25) is 4.79 Å². The lowest BCUT2D eigenvalue weighted by Gasteiger charge is -2.09. The maximum Gasteiger partial charge on any atom is 0.353 e. The van der Waals surface area contributed by atoms with Crippen molar-refractivity contribution in [1.29, 1.82) is 0 Å². The second-order valence-corrected chi connectivity index (χ2v) is 6.99. The number of ether oxygens (including phenoxy) is 4. The van der Waals surface area contributed by atoms with Crippen molar-refractivity contribution < 1.29 is 28.5 Å². The van der Waals surface area contributed by atoms with Crippen LogP contribution in [0.15, 0.2) is 59.0 Å². The van der Waals surface area contributed by atoms with Gasteiger partial charge in [-0.1, -0.05) is 6.07 Å².